The van der Waals surface area contributed by atoms with Crippen LogP contribution in [0, 0.1) is 6.92 Å². The predicted molar refractivity (Wildman–Crippen MR) is 76.9 cm³/mol. The Morgan fingerprint density at radius 3 is 2.16 bits per heavy atom. The molecule has 0 saturated heterocycles. The molecule has 2 N–H and O–H groups in total. The minimum Gasteiger partial charge on any atom is -0.389 e. The van der Waals surface area contributed by atoms with Gasteiger partial charge in [0.1, 0.15) is 0 Å². The number of hydrogen-bond donors (Lipinski definition) is 2. The zero-order valence-corrected chi connectivity index (χ0v) is 13.4. The SMILES string of the molecule is Cc1cc(Cl)ccc1S(=O)(=O)NC(C)(C)C(C)(C)O. The maximum absolute atomic E-state index is 12.4. The van der Waals surface area contributed by atoms with Crippen LogP contribution < -0.4 is 4.72 Å². The van der Waals surface area contributed by atoms with Gasteiger partial charge in [-0.15, -0.1) is 0 Å². The van der Waals surface area contributed by atoms with Crippen LogP contribution in [0.1, 0.15) is 33.3 Å². The Kier molecular flexibility index (Phi) is 4.37. The van der Waals surface area contributed by atoms with Gasteiger partial charge in [0.05, 0.1) is 16.0 Å². The van der Waals surface area contributed by atoms with Crippen molar-refractivity contribution in [1.82, 2.24) is 4.72 Å². The Hall–Kier alpha value is -0.620. The van der Waals surface area contributed by atoms with Crippen molar-refractivity contribution in [2.45, 2.75) is 50.7 Å². The third kappa shape index (κ3) is 3.69. The van der Waals surface area contributed by atoms with E-state index in [2.05, 4.69) is 4.72 Å². The van der Waals surface area contributed by atoms with Crippen LogP contribution in [0.4, 0.5) is 0 Å². The molecule has 19 heavy (non-hydrogen) atoms. The van der Waals surface area contributed by atoms with Crippen molar-refractivity contribution in [3.63, 3.8) is 0 Å². The van der Waals surface area contributed by atoms with Crippen LogP contribution in [0.15, 0.2) is 23.1 Å². The van der Waals surface area contributed by atoms with Crippen LogP contribution in [-0.4, -0.2) is 24.7 Å². The fourth-order valence-electron chi connectivity index (χ4n) is 1.43. The topological polar surface area (TPSA) is 66.4 Å². The maximum atomic E-state index is 12.4. The van der Waals surface area contributed by atoms with Crippen molar-refractivity contribution in [3.8, 4) is 0 Å². The Morgan fingerprint density at radius 2 is 1.74 bits per heavy atom. The third-order valence-electron chi connectivity index (χ3n) is 3.35. The Bertz CT molecular complexity index is 574. The van der Waals surface area contributed by atoms with E-state index < -0.39 is 21.2 Å². The second-order valence-electron chi connectivity index (χ2n) is 5.70. The molecule has 0 amide bonds. The molecule has 108 valence electrons. The molecule has 0 spiro atoms. The Labute approximate surface area is 119 Å². The molecule has 0 saturated carbocycles. The standard InChI is InChI=1S/C13H20ClNO3S/c1-9-8-10(14)6-7-11(9)19(17,18)15-12(2,3)13(4,5)16/h6-8,15-16H,1-5H3. The highest BCUT2D eigenvalue weighted by atomic mass is 35.5. The molecule has 4 nitrogen and oxygen atoms in total. The molecule has 0 aliphatic heterocycles. The zero-order chi connectivity index (χ0) is 15.1. The summed E-state index contributed by atoms with van der Waals surface area (Å²) in [5, 5.41) is 10.5. The summed E-state index contributed by atoms with van der Waals surface area (Å²) in [5.41, 5.74) is -1.63. The summed E-state index contributed by atoms with van der Waals surface area (Å²) >= 11 is 5.82. The first-order chi connectivity index (χ1) is 8.37. The van der Waals surface area contributed by atoms with Crippen molar-refractivity contribution < 1.29 is 13.5 Å². The monoisotopic (exact) mass is 305 g/mol. The first kappa shape index (κ1) is 16.4. The van der Waals surface area contributed by atoms with Crippen LogP contribution in [0.5, 0.6) is 0 Å². The van der Waals surface area contributed by atoms with Crippen molar-refractivity contribution in [2.24, 2.45) is 0 Å². The maximum Gasteiger partial charge on any atom is 0.241 e. The van der Waals surface area contributed by atoms with E-state index in [1.54, 1.807) is 40.7 Å². The molecule has 1 rings (SSSR count). The van der Waals surface area contributed by atoms with E-state index in [0.29, 0.717) is 10.6 Å². The van der Waals surface area contributed by atoms with Gasteiger partial charge in [0.2, 0.25) is 10.0 Å². The van der Waals surface area contributed by atoms with Gasteiger partial charge in [0.15, 0.2) is 0 Å². The number of aliphatic hydroxyl groups is 1. The number of aryl methyl sites for hydroxylation is 1. The van der Waals surface area contributed by atoms with Gasteiger partial charge < -0.3 is 5.11 Å². The van der Waals surface area contributed by atoms with Crippen molar-refractivity contribution in [2.75, 3.05) is 0 Å². The fourth-order valence-corrected chi connectivity index (χ4v) is 3.42. The third-order valence-corrected chi connectivity index (χ3v) is 5.40. The molecule has 0 bridgehead atoms. The second-order valence-corrected chi connectivity index (χ2v) is 7.79. The molecule has 0 fully saturated rings. The number of hydrogen-bond acceptors (Lipinski definition) is 3. The molecule has 1 aromatic carbocycles. The van der Waals surface area contributed by atoms with Crippen molar-refractivity contribution in [3.05, 3.63) is 28.8 Å². The molecule has 0 unspecified atom stereocenters. The van der Waals surface area contributed by atoms with E-state index in [1.807, 2.05) is 0 Å². The van der Waals surface area contributed by atoms with Gasteiger partial charge in [-0.05, 0) is 58.4 Å². The van der Waals surface area contributed by atoms with Crippen LogP contribution >= 0.6 is 11.6 Å². The summed E-state index contributed by atoms with van der Waals surface area (Å²) < 4.78 is 27.3. The Morgan fingerprint density at radius 1 is 1.21 bits per heavy atom. The predicted octanol–water partition coefficient (Wildman–Crippen LogP) is 2.48. The van der Waals surface area contributed by atoms with E-state index in [9.17, 15) is 13.5 Å². The molecule has 6 heteroatoms. The van der Waals surface area contributed by atoms with Crippen LogP contribution in [0.3, 0.4) is 0 Å². The first-order valence-corrected chi connectivity index (χ1v) is 7.75. The molecule has 0 radical (unpaired) electrons. The molecule has 0 aliphatic rings. The van der Waals surface area contributed by atoms with Gasteiger partial charge >= 0.3 is 0 Å². The zero-order valence-electron chi connectivity index (χ0n) is 11.8. The highest BCUT2D eigenvalue weighted by molar-refractivity contribution is 7.89. The van der Waals surface area contributed by atoms with Gasteiger partial charge in [-0.2, -0.15) is 0 Å². The van der Waals surface area contributed by atoms with E-state index >= 15 is 0 Å². The quantitative estimate of drug-likeness (QED) is 0.898. The summed E-state index contributed by atoms with van der Waals surface area (Å²) in [6.07, 6.45) is 0. The average Bonchev–Trinajstić information content (AvgIpc) is 2.12. The van der Waals surface area contributed by atoms with E-state index in [4.69, 9.17) is 11.6 Å². The molecule has 0 atom stereocenters. The molecule has 0 aliphatic carbocycles. The molecule has 1 aromatic rings. The normalized spacial score (nSPS) is 13.6. The van der Waals surface area contributed by atoms with Gasteiger partial charge in [-0.25, -0.2) is 13.1 Å². The fraction of sp³-hybridized carbons (Fsp3) is 0.538. The number of sulfonamides is 1. The van der Waals surface area contributed by atoms with Crippen LogP contribution in [0.2, 0.25) is 5.02 Å². The summed E-state index contributed by atoms with van der Waals surface area (Å²) in [4.78, 5) is 0.161. The number of halogens is 1. The summed E-state index contributed by atoms with van der Waals surface area (Å²) in [6, 6.07) is 4.58. The van der Waals surface area contributed by atoms with E-state index in [1.165, 1.54) is 12.1 Å². The summed E-state index contributed by atoms with van der Waals surface area (Å²) in [5.74, 6) is 0. The number of nitrogens with one attached hydrogen (secondary N) is 1. The van der Waals surface area contributed by atoms with Crippen molar-refractivity contribution >= 4 is 21.6 Å². The lowest BCUT2D eigenvalue weighted by molar-refractivity contribution is 0.00638. The largest absolute Gasteiger partial charge is 0.389 e. The van der Waals surface area contributed by atoms with Crippen LogP contribution in [-0.2, 0) is 10.0 Å². The van der Waals surface area contributed by atoms with E-state index in [0.717, 1.165) is 0 Å². The summed E-state index contributed by atoms with van der Waals surface area (Å²) in [7, 11) is -3.72. The highest BCUT2D eigenvalue weighted by Crippen LogP contribution is 2.25. The minimum absolute atomic E-state index is 0.161. The van der Waals surface area contributed by atoms with E-state index in [-0.39, 0.29) is 4.90 Å². The van der Waals surface area contributed by atoms with Gasteiger partial charge in [0, 0.05) is 5.02 Å². The van der Waals surface area contributed by atoms with Gasteiger partial charge in [0.25, 0.3) is 0 Å². The smallest absolute Gasteiger partial charge is 0.241 e. The molecule has 0 aromatic heterocycles. The number of rotatable bonds is 4. The Balaban J connectivity index is 3.20. The molecular weight excluding hydrogens is 286 g/mol. The lowest BCUT2D eigenvalue weighted by Gasteiger charge is -2.37. The molecular formula is C13H20ClNO3S. The molecule has 0 heterocycles. The number of benzene rings is 1. The van der Waals surface area contributed by atoms with Gasteiger partial charge in [-0.3, -0.25) is 0 Å². The van der Waals surface area contributed by atoms with Crippen LogP contribution in [0.25, 0.3) is 0 Å². The lowest BCUT2D eigenvalue weighted by atomic mass is 9.87. The first-order valence-electron chi connectivity index (χ1n) is 5.89. The minimum atomic E-state index is -3.72. The highest BCUT2D eigenvalue weighted by Gasteiger charge is 2.39. The lowest BCUT2D eigenvalue weighted by Crippen LogP contribution is -2.57. The second kappa shape index (κ2) is 5.05. The summed E-state index contributed by atoms with van der Waals surface area (Å²) in [6.45, 7) is 8.07. The van der Waals surface area contributed by atoms with Gasteiger partial charge in [-0.1, -0.05) is 11.6 Å². The average molecular weight is 306 g/mol. The van der Waals surface area contributed by atoms with Crippen molar-refractivity contribution in [1.29, 1.82) is 0 Å².